The molecule has 0 saturated carbocycles. The van der Waals surface area contributed by atoms with E-state index in [2.05, 4.69) is 12.2 Å². The quantitative estimate of drug-likeness (QED) is 0.357. The fourth-order valence-corrected chi connectivity index (χ4v) is 1.74. The van der Waals surface area contributed by atoms with E-state index in [4.69, 9.17) is 4.74 Å². The Morgan fingerprint density at radius 3 is 2.05 bits per heavy atom. The summed E-state index contributed by atoms with van der Waals surface area (Å²) in [5.41, 5.74) is 0. The number of hydrogen-bond donors (Lipinski definition) is 1. The Bertz CT molecular complexity index is 242. The smallest absolute Gasteiger partial charge is 0.396 e. The lowest BCUT2D eigenvalue weighted by atomic mass is 10.1. The molecule has 0 unspecified atom stereocenters. The number of amides is 1. The number of rotatable bonds is 11. The van der Waals surface area contributed by atoms with Crippen molar-refractivity contribution in [2.45, 2.75) is 71.6 Å². The van der Waals surface area contributed by atoms with Gasteiger partial charge in [-0.3, -0.25) is 4.79 Å². The summed E-state index contributed by atoms with van der Waals surface area (Å²) in [6, 6.07) is 0. The Kier molecular flexibility index (Phi) is 12.6. The lowest BCUT2D eigenvalue weighted by molar-refractivity contribution is -0.155. The fourth-order valence-electron chi connectivity index (χ4n) is 1.74. The first-order valence-corrected chi connectivity index (χ1v) is 7.67. The van der Waals surface area contributed by atoms with Crippen LogP contribution in [0.2, 0.25) is 0 Å². The van der Waals surface area contributed by atoms with Crippen LogP contribution in [0.4, 0.5) is 0 Å². The Morgan fingerprint density at radius 2 is 1.42 bits per heavy atom. The Balaban J connectivity index is 3.35. The number of esters is 1. The largest absolute Gasteiger partial charge is 0.459 e. The number of carbonyl (C=O) groups excluding carboxylic acids is 2. The van der Waals surface area contributed by atoms with Crippen molar-refractivity contribution in [3.8, 4) is 0 Å². The van der Waals surface area contributed by atoms with Crippen molar-refractivity contribution in [1.82, 2.24) is 5.32 Å². The lowest BCUT2D eigenvalue weighted by Crippen LogP contribution is -2.33. The van der Waals surface area contributed by atoms with Crippen molar-refractivity contribution >= 4 is 11.9 Å². The van der Waals surface area contributed by atoms with Gasteiger partial charge in [-0.1, -0.05) is 58.8 Å². The van der Waals surface area contributed by atoms with E-state index in [-0.39, 0.29) is 0 Å². The fraction of sp³-hybridized carbons (Fsp3) is 0.867. The van der Waals surface area contributed by atoms with Gasteiger partial charge in [-0.05, 0) is 12.8 Å². The summed E-state index contributed by atoms with van der Waals surface area (Å²) < 4.78 is 4.91. The first kappa shape index (κ1) is 17.9. The van der Waals surface area contributed by atoms with Gasteiger partial charge in [0.15, 0.2) is 0 Å². The van der Waals surface area contributed by atoms with Crippen molar-refractivity contribution < 1.29 is 14.3 Å². The van der Waals surface area contributed by atoms with Crippen LogP contribution in [0.5, 0.6) is 0 Å². The van der Waals surface area contributed by atoms with Gasteiger partial charge >= 0.3 is 11.9 Å². The highest BCUT2D eigenvalue weighted by molar-refractivity contribution is 6.32. The maximum Gasteiger partial charge on any atom is 0.396 e. The molecule has 1 N–H and O–H groups in total. The number of ether oxygens (including phenoxy) is 1. The maximum atomic E-state index is 11.3. The summed E-state index contributed by atoms with van der Waals surface area (Å²) in [4.78, 5) is 22.5. The Hall–Kier alpha value is -1.06. The molecule has 0 fully saturated rings. The second kappa shape index (κ2) is 13.4. The van der Waals surface area contributed by atoms with Crippen LogP contribution in [-0.4, -0.2) is 25.0 Å². The predicted molar refractivity (Wildman–Crippen MR) is 76.9 cm³/mol. The monoisotopic (exact) mass is 271 g/mol. The van der Waals surface area contributed by atoms with E-state index < -0.39 is 11.9 Å². The molecular weight excluding hydrogens is 242 g/mol. The van der Waals surface area contributed by atoms with E-state index in [0.29, 0.717) is 13.2 Å². The molecule has 0 saturated heterocycles. The van der Waals surface area contributed by atoms with Crippen LogP contribution in [-0.2, 0) is 14.3 Å². The highest BCUT2D eigenvalue weighted by Gasteiger charge is 2.13. The van der Waals surface area contributed by atoms with E-state index >= 15 is 0 Å². The Morgan fingerprint density at radius 1 is 0.842 bits per heavy atom. The molecule has 0 atom stereocenters. The summed E-state index contributed by atoms with van der Waals surface area (Å²) in [5, 5.41) is 2.55. The van der Waals surface area contributed by atoms with Crippen LogP contribution in [0.1, 0.15) is 71.6 Å². The third kappa shape index (κ3) is 11.7. The van der Waals surface area contributed by atoms with Crippen molar-refractivity contribution in [2.24, 2.45) is 0 Å². The zero-order valence-corrected chi connectivity index (χ0v) is 12.5. The van der Waals surface area contributed by atoms with E-state index in [1.165, 1.54) is 32.1 Å². The van der Waals surface area contributed by atoms with Crippen LogP contribution in [0, 0.1) is 0 Å². The molecule has 0 aliphatic rings. The number of unbranched alkanes of at least 4 members (excludes halogenated alkanes) is 7. The average molecular weight is 271 g/mol. The molecule has 0 aliphatic carbocycles. The van der Waals surface area contributed by atoms with Crippen molar-refractivity contribution in [2.75, 3.05) is 13.2 Å². The standard InChI is InChI=1S/C15H29NO3/c1-3-5-7-8-9-10-11-13-19-15(18)14(17)16-12-6-4-2/h3-13H2,1-2H3,(H,16,17). The van der Waals surface area contributed by atoms with Crippen molar-refractivity contribution in [3.63, 3.8) is 0 Å². The first-order chi connectivity index (χ1) is 9.22. The highest BCUT2D eigenvalue weighted by Crippen LogP contribution is 2.06. The first-order valence-electron chi connectivity index (χ1n) is 7.67. The van der Waals surface area contributed by atoms with Gasteiger partial charge in [-0.25, -0.2) is 4.79 Å². The minimum Gasteiger partial charge on any atom is -0.459 e. The minimum absolute atomic E-state index is 0.355. The molecule has 0 aromatic rings. The summed E-state index contributed by atoms with van der Waals surface area (Å²) in [7, 11) is 0. The van der Waals surface area contributed by atoms with Crippen LogP contribution < -0.4 is 5.32 Å². The van der Waals surface area contributed by atoms with E-state index in [0.717, 1.165) is 25.7 Å². The minimum atomic E-state index is -0.748. The molecule has 112 valence electrons. The zero-order chi connectivity index (χ0) is 14.3. The SMILES string of the molecule is CCCCCCCCCOC(=O)C(=O)NCCCC. The third-order valence-corrected chi connectivity index (χ3v) is 2.98. The van der Waals surface area contributed by atoms with Gasteiger partial charge in [-0.2, -0.15) is 0 Å². The van der Waals surface area contributed by atoms with Gasteiger partial charge in [0, 0.05) is 6.54 Å². The predicted octanol–water partition coefficient (Wildman–Crippen LogP) is 3.20. The normalized spacial score (nSPS) is 10.2. The second-order valence-electron chi connectivity index (χ2n) is 4.87. The highest BCUT2D eigenvalue weighted by atomic mass is 16.5. The van der Waals surface area contributed by atoms with Crippen LogP contribution in [0.15, 0.2) is 0 Å². The molecule has 19 heavy (non-hydrogen) atoms. The van der Waals surface area contributed by atoms with Gasteiger partial charge < -0.3 is 10.1 Å². The molecule has 0 radical (unpaired) electrons. The van der Waals surface area contributed by atoms with Crippen molar-refractivity contribution in [1.29, 1.82) is 0 Å². The molecule has 0 bridgehead atoms. The zero-order valence-electron chi connectivity index (χ0n) is 12.5. The summed E-state index contributed by atoms with van der Waals surface area (Å²) >= 11 is 0. The van der Waals surface area contributed by atoms with E-state index in [1.54, 1.807) is 0 Å². The van der Waals surface area contributed by atoms with E-state index in [9.17, 15) is 9.59 Å². The molecule has 0 aliphatic heterocycles. The summed E-state index contributed by atoms with van der Waals surface area (Å²) in [6.45, 7) is 5.13. The molecule has 0 spiro atoms. The average Bonchev–Trinajstić information content (AvgIpc) is 2.41. The van der Waals surface area contributed by atoms with E-state index in [1.807, 2.05) is 6.92 Å². The molecule has 0 aromatic heterocycles. The molecule has 1 amide bonds. The van der Waals surface area contributed by atoms with Gasteiger partial charge in [0.25, 0.3) is 0 Å². The van der Waals surface area contributed by atoms with Gasteiger partial charge in [0.2, 0.25) is 0 Å². The molecular formula is C15H29NO3. The number of hydrogen-bond acceptors (Lipinski definition) is 3. The van der Waals surface area contributed by atoms with Crippen molar-refractivity contribution in [3.05, 3.63) is 0 Å². The molecule has 0 rings (SSSR count). The molecule has 4 heteroatoms. The lowest BCUT2D eigenvalue weighted by Gasteiger charge is -2.05. The molecule has 0 aromatic carbocycles. The second-order valence-corrected chi connectivity index (χ2v) is 4.87. The number of nitrogens with one attached hydrogen (secondary N) is 1. The van der Waals surface area contributed by atoms with Crippen LogP contribution in [0.3, 0.4) is 0 Å². The Labute approximate surface area is 117 Å². The maximum absolute atomic E-state index is 11.3. The molecule has 4 nitrogen and oxygen atoms in total. The van der Waals surface area contributed by atoms with Crippen LogP contribution in [0.25, 0.3) is 0 Å². The van der Waals surface area contributed by atoms with Gasteiger partial charge in [0.1, 0.15) is 0 Å². The topological polar surface area (TPSA) is 55.4 Å². The van der Waals surface area contributed by atoms with Gasteiger partial charge in [0.05, 0.1) is 6.61 Å². The summed E-state index contributed by atoms with van der Waals surface area (Å²) in [5.74, 6) is -1.36. The molecule has 0 heterocycles. The van der Waals surface area contributed by atoms with Crippen LogP contribution >= 0.6 is 0 Å². The summed E-state index contributed by atoms with van der Waals surface area (Å²) in [6.07, 6.45) is 10.1. The van der Waals surface area contributed by atoms with Gasteiger partial charge in [-0.15, -0.1) is 0 Å². The number of carbonyl (C=O) groups is 2. The third-order valence-electron chi connectivity index (χ3n) is 2.98.